The van der Waals surface area contributed by atoms with Gasteiger partial charge in [0.15, 0.2) is 0 Å². The van der Waals surface area contributed by atoms with Crippen LogP contribution in [0.5, 0.6) is 0 Å². The van der Waals surface area contributed by atoms with Crippen LogP contribution in [0.4, 0.5) is 4.39 Å². The van der Waals surface area contributed by atoms with Gasteiger partial charge in [-0.15, -0.1) is 0 Å². The van der Waals surface area contributed by atoms with Gasteiger partial charge in [-0.25, -0.2) is 9.37 Å². The van der Waals surface area contributed by atoms with Gasteiger partial charge in [-0.05, 0) is 41.0 Å². The van der Waals surface area contributed by atoms with Gasteiger partial charge in [0.05, 0.1) is 5.69 Å². The molecule has 1 aliphatic rings. The predicted molar refractivity (Wildman–Crippen MR) is 97.8 cm³/mol. The van der Waals surface area contributed by atoms with E-state index in [1.54, 1.807) is 12.3 Å². The number of hydrogen-bond donors (Lipinski definition) is 0. The molecule has 4 nitrogen and oxygen atoms in total. The standard InChI is InChI=1S/C21H17FN4/c22-19-10-15(16-5-6-21-24-8-9-26(21)13-16)3-4-17(19)11-25-12-18-2-1-7-23-20(18)14-25/h1-10,13H,11-12,14H2. The Morgan fingerprint density at radius 1 is 0.962 bits per heavy atom. The molecular weight excluding hydrogens is 327 g/mol. The lowest BCUT2D eigenvalue weighted by Crippen LogP contribution is -2.16. The molecule has 0 fully saturated rings. The van der Waals surface area contributed by atoms with E-state index in [0.29, 0.717) is 12.1 Å². The van der Waals surface area contributed by atoms with Crippen LogP contribution in [0, 0.1) is 5.82 Å². The zero-order chi connectivity index (χ0) is 17.5. The average Bonchev–Trinajstić information content (AvgIpc) is 3.28. The Morgan fingerprint density at radius 2 is 1.88 bits per heavy atom. The average molecular weight is 344 g/mol. The first-order valence-corrected chi connectivity index (χ1v) is 8.63. The van der Waals surface area contributed by atoms with E-state index in [1.807, 2.05) is 53.3 Å². The lowest BCUT2D eigenvalue weighted by atomic mass is 10.0. The summed E-state index contributed by atoms with van der Waals surface area (Å²) in [5, 5.41) is 0. The van der Waals surface area contributed by atoms with Gasteiger partial charge in [-0.3, -0.25) is 9.88 Å². The minimum atomic E-state index is -0.169. The molecule has 0 saturated heterocycles. The summed E-state index contributed by atoms with van der Waals surface area (Å²) in [7, 11) is 0. The molecule has 5 heteroatoms. The third-order valence-electron chi connectivity index (χ3n) is 4.92. The highest BCUT2D eigenvalue weighted by Gasteiger charge is 2.20. The third kappa shape index (κ3) is 2.66. The summed E-state index contributed by atoms with van der Waals surface area (Å²) in [5.41, 5.74) is 5.77. The SMILES string of the molecule is Fc1cc(-c2ccc3nccn3c2)ccc1CN1Cc2cccnc2C1. The Labute approximate surface area is 150 Å². The molecule has 0 spiro atoms. The maximum atomic E-state index is 14.7. The molecule has 26 heavy (non-hydrogen) atoms. The van der Waals surface area contributed by atoms with Gasteiger partial charge in [0.1, 0.15) is 11.5 Å². The Morgan fingerprint density at radius 3 is 2.77 bits per heavy atom. The summed E-state index contributed by atoms with van der Waals surface area (Å²) in [4.78, 5) is 10.9. The number of hydrogen-bond acceptors (Lipinski definition) is 3. The Balaban J connectivity index is 1.38. The van der Waals surface area contributed by atoms with Crippen LogP contribution in [-0.2, 0) is 19.6 Å². The molecule has 5 rings (SSSR count). The number of pyridine rings is 2. The number of halogens is 1. The molecule has 4 aromatic rings. The van der Waals surface area contributed by atoms with E-state index in [-0.39, 0.29) is 5.82 Å². The lowest BCUT2D eigenvalue weighted by molar-refractivity contribution is 0.270. The molecule has 4 heterocycles. The van der Waals surface area contributed by atoms with E-state index >= 15 is 0 Å². The van der Waals surface area contributed by atoms with Crippen molar-refractivity contribution in [3.63, 3.8) is 0 Å². The van der Waals surface area contributed by atoms with Gasteiger partial charge in [-0.1, -0.05) is 18.2 Å². The second-order valence-corrected chi connectivity index (χ2v) is 6.67. The Hall–Kier alpha value is -3.05. The summed E-state index contributed by atoms with van der Waals surface area (Å²) in [6.45, 7) is 2.18. The number of aromatic nitrogens is 3. The molecule has 128 valence electrons. The zero-order valence-corrected chi connectivity index (χ0v) is 14.1. The van der Waals surface area contributed by atoms with E-state index in [4.69, 9.17) is 0 Å². The first-order valence-electron chi connectivity index (χ1n) is 8.63. The van der Waals surface area contributed by atoms with Crippen molar-refractivity contribution in [2.24, 2.45) is 0 Å². The molecule has 0 saturated carbocycles. The smallest absolute Gasteiger partial charge is 0.136 e. The fourth-order valence-electron chi connectivity index (χ4n) is 3.56. The first kappa shape index (κ1) is 15.2. The maximum absolute atomic E-state index is 14.7. The summed E-state index contributed by atoms with van der Waals surface area (Å²) in [6.07, 6.45) is 7.43. The fraction of sp³-hybridized carbons (Fsp3) is 0.143. The second-order valence-electron chi connectivity index (χ2n) is 6.67. The van der Waals surface area contributed by atoms with Crippen molar-refractivity contribution >= 4 is 5.65 Å². The van der Waals surface area contributed by atoms with Crippen LogP contribution >= 0.6 is 0 Å². The summed E-state index contributed by atoms with van der Waals surface area (Å²) < 4.78 is 16.7. The zero-order valence-electron chi connectivity index (χ0n) is 14.1. The molecule has 0 amide bonds. The summed E-state index contributed by atoms with van der Waals surface area (Å²) in [6, 6.07) is 13.4. The van der Waals surface area contributed by atoms with Gasteiger partial charge >= 0.3 is 0 Å². The molecule has 1 aliphatic heterocycles. The highest BCUT2D eigenvalue weighted by atomic mass is 19.1. The molecular formula is C21H17FN4. The van der Waals surface area contributed by atoms with E-state index < -0.39 is 0 Å². The first-order chi connectivity index (χ1) is 12.8. The predicted octanol–water partition coefficient (Wildman–Crippen LogP) is 4.05. The highest BCUT2D eigenvalue weighted by Crippen LogP contribution is 2.26. The van der Waals surface area contributed by atoms with E-state index in [0.717, 1.165) is 35.6 Å². The van der Waals surface area contributed by atoms with Crippen LogP contribution in [0.3, 0.4) is 0 Å². The van der Waals surface area contributed by atoms with Crippen LogP contribution in [0.25, 0.3) is 16.8 Å². The summed E-state index contributed by atoms with van der Waals surface area (Å²) in [5.74, 6) is -0.169. The number of imidazole rings is 1. The number of nitrogens with zero attached hydrogens (tertiary/aromatic N) is 4. The van der Waals surface area contributed by atoms with Crippen LogP contribution in [-0.4, -0.2) is 19.3 Å². The molecule has 0 atom stereocenters. The molecule has 0 bridgehead atoms. The summed E-state index contributed by atoms with van der Waals surface area (Å²) >= 11 is 0. The minimum absolute atomic E-state index is 0.169. The molecule has 0 N–H and O–H groups in total. The van der Waals surface area contributed by atoms with Gasteiger partial charge in [0, 0.05) is 50.0 Å². The second kappa shape index (κ2) is 6.04. The van der Waals surface area contributed by atoms with Crippen molar-refractivity contribution in [1.29, 1.82) is 0 Å². The fourth-order valence-corrected chi connectivity index (χ4v) is 3.56. The topological polar surface area (TPSA) is 33.4 Å². The Kier molecular flexibility index (Phi) is 3.53. The highest BCUT2D eigenvalue weighted by molar-refractivity contribution is 5.65. The largest absolute Gasteiger partial charge is 0.306 e. The maximum Gasteiger partial charge on any atom is 0.136 e. The van der Waals surface area contributed by atoms with Crippen molar-refractivity contribution in [2.45, 2.75) is 19.6 Å². The Bertz CT molecular complexity index is 1080. The number of rotatable bonds is 3. The van der Waals surface area contributed by atoms with Crippen molar-refractivity contribution in [2.75, 3.05) is 0 Å². The van der Waals surface area contributed by atoms with Crippen LogP contribution in [0.1, 0.15) is 16.8 Å². The van der Waals surface area contributed by atoms with Crippen LogP contribution in [0.15, 0.2) is 67.3 Å². The van der Waals surface area contributed by atoms with Crippen molar-refractivity contribution < 1.29 is 4.39 Å². The van der Waals surface area contributed by atoms with Crippen molar-refractivity contribution in [3.8, 4) is 11.1 Å². The van der Waals surface area contributed by atoms with Crippen LogP contribution in [0.2, 0.25) is 0 Å². The molecule has 1 aromatic carbocycles. The monoisotopic (exact) mass is 344 g/mol. The van der Waals surface area contributed by atoms with Gasteiger partial charge in [-0.2, -0.15) is 0 Å². The normalized spacial score (nSPS) is 14.0. The molecule has 3 aromatic heterocycles. The van der Waals surface area contributed by atoms with E-state index in [1.165, 1.54) is 5.56 Å². The molecule has 0 aliphatic carbocycles. The molecule has 0 radical (unpaired) electrons. The lowest BCUT2D eigenvalue weighted by Gasteiger charge is -2.15. The van der Waals surface area contributed by atoms with Crippen LogP contribution < -0.4 is 0 Å². The third-order valence-corrected chi connectivity index (χ3v) is 4.92. The number of fused-ring (bicyclic) bond motifs is 2. The van der Waals surface area contributed by atoms with Crippen molar-refractivity contribution in [1.82, 2.24) is 19.3 Å². The van der Waals surface area contributed by atoms with Gasteiger partial charge in [0.25, 0.3) is 0 Å². The number of benzene rings is 1. The van der Waals surface area contributed by atoms with E-state index in [9.17, 15) is 4.39 Å². The molecule has 0 unspecified atom stereocenters. The van der Waals surface area contributed by atoms with Crippen molar-refractivity contribution in [3.05, 3.63) is 89.9 Å². The van der Waals surface area contributed by atoms with Gasteiger partial charge < -0.3 is 4.40 Å². The van der Waals surface area contributed by atoms with Gasteiger partial charge in [0.2, 0.25) is 0 Å². The minimum Gasteiger partial charge on any atom is -0.306 e. The quantitative estimate of drug-likeness (QED) is 0.562. The van der Waals surface area contributed by atoms with E-state index in [2.05, 4.69) is 20.9 Å².